The molecule has 0 spiro atoms. The topological polar surface area (TPSA) is 100 Å². The first-order valence-corrected chi connectivity index (χ1v) is 10.9. The molecule has 0 saturated carbocycles. The van der Waals surface area contributed by atoms with Crippen molar-refractivity contribution >= 4 is 29.1 Å². The van der Waals surface area contributed by atoms with Gasteiger partial charge in [-0.3, -0.25) is 14.4 Å². The van der Waals surface area contributed by atoms with Gasteiger partial charge in [-0.2, -0.15) is 0 Å². The molecule has 168 valence electrons. The molecule has 0 bridgehead atoms. The van der Waals surface area contributed by atoms with Gasteiger partial charge in [0.25, 0.3) is 5.91 Å². The molecule has 0 aliphatic carbocycles. The molecule has 1 saturated heterocycles. The van der Waals surface area contributed by atoms with Crippen LogP contribution in [0.5, 0.6) is 0 Å². The number of hydrogen-bond acceptors (Lipinski definition) is 5. The Morgan fingerprint density at radius 1 is 0.939 bits per heavy atom. The van der Waals surface area contributed by atoms with Crippen LogP contribution in [0.1, 0.15) is 32.0 Å². The van der Waals surface area contributed by atoms with E-state index < -0.39 is 5.91 Å². The standard InChI is InChI=1S/C25H24N4O4/c26-24(31)17-5-7-20(8-6-17)27-10-12-28(13-11-27)25(32)23-19(9-14-33-23)16-29-21-4-2-1-3-18(21)15-22(29)30/h1-9,14H,10-13,15-16H2,(H2,26,31). The molecule has 8 heteroatoms. The fourth-order valence-corrected chi connectivity index (χ4v) is 4.46. The molecular formula is C25H24N4O4. The van der Waals surface area contributed by atoms with Gasteiger partial charge in [-0.05, 0) is 42.0 Å². The molecule has 8 nitrogen and oxygen atoms in total. The first kappa shape index (κ1) is 20.8. The van der Waals surface area contributed by atoms with E-state index in [-0.39, 0.29) is 17.6 Å². The highest BCUT2D eigenvalue weighted by Gasteiger charge is 2.31. The molecular weight excluding hydrogens is 420 g/mol. The minimum Gasteiger partial charge on any atom is -0.459 e. The molecule has 1 aromatic heterocycles. The van der Waals surface area contributed by atoms with Crippen LogP contribution in [-0.2, 0) is 17.8 Å². The number of amides is 3. The molecule has 3 aromatic rings. The number of carbonyl (C=O) groups excluding carboxylic acids is 3. The van der Waals surface area contributed by atoms with Crippen LogP contribution in [0.2, 0.25) is 0 Å². The Kier molecular flexibility index (Phi) is 5.34. The first-order valence-electron chi connectivity index (χ1n) is 10.9. The summed E-state index contributed by atoms with van der Waals surface area (Å²) < 4.78 is 5.57. The van der Waals surface area contributed by atoms with Gasteiger partial charge in [0, 0.05) is 48.7 Å². The second kappa shape index (κ2) is 8.46. The third kappa shape index (κ3) is 3.95. The Morgan fingerprint density at radius 2 is 1.67 bits per heavy atom. The van der Waals surface area contributed by atoms with Crippen molar-refractivity contribution in [2.24, 2.45) is 5.73 Å². The van der Waals surface area contributed by atoms with E-state index in [1.54, 1.807) is 28.0 Å². The van der Waals surface area contributed by atoms with Gasteiger partial charge in [-0.1, -0.05) is 18.2 Å². The van der Waals surface area contributed by atoms with Crippen molar-refractivity contribution in [1.29, 1.82) is 0 Å². The number of benzene rings is 2. The monoisotopic (exact) mass is 444 g/mol. The largest absolute Gasteiger partial charge is 0.459 e. The van der Waals surface area contributed by atoms with E-state index in [1.165, 1.54) is 6.26 Å². The van der Waals surface area contributed by atoms with Gasteiger partial charge >= 0.3 is 0 Å². The molecule has 3 heterocycles. The predicted octanol–water partition coefficient (Wildman–Crippen LogP) is 2.43. The maximum absolute atomic E-state index is 13.2. The Bertz CT molecular complexity index is 1210. The molecule has 33 heavy (non-hydrogen) atoms. The van der Waals surface area contributed by atoms with Crippen LogP contribution in [-0.4, -0.2) is 48.8 Å². The van der Waals surface area contributed by atoms with E-state index in [4.69, 9.17) is 10.2 Å². The third-order valence-electron chi connectivity index (χ3n) is 6.28. The van der Waals surface area contributed by atoms with E-state index in [9.17, 15) is 14.4 Å². The van der Waals surface area contributed by atoms with Crippen molar-refractivity contribution in [1.82, 2.24) is 4.90 Å². The van der Waals surface area contributed by atoms with Crippen molar-refractivity contribution in [3.8, 4) is 0 Å². The molecule has 2 aromatic carbocycles. The summed E-state index contributed by atoms with van der Waals surface area (Å²) in [7, 11) is 0. The Hall–Kier alpha value is -4.07. The molecule has 0 radical (unpaired) electrons. The molecule has 2 aliphatic rings. The molecule has 0 atom stereocenters. The number of nitrogens with two attached hydrogens (primary N) is 1. The summed E-state index contributed by atoms with van der Waals surface area (Å²) in [5, 5.41) is 0. The molecule has 1 fully saturated rings. The highest BCUT2D eigenvalue weighted by atomic mass is 16.3. The zero-order valence-electron chi connectivity index (χ0n) is 18.1. The van der Waals surface area contributed by atoms with Gasteiger partial charge in [-0.15, -0.1) is 0 Å². The molecule has 3 amide bonds. The Morgan fingerprint density at radius 3 is 2.39 bits per heavy atom. The Labute approximate surface area is 191 Å². The molecule has 5 rings (SSSR count). The summed E-state index contributed by atoms with van der Waals surface area (Å²) in [5.41, 5.74) is 9.35. The van der Waals surface area contributed by atoms with E-state index in [0.717, 1.165) is 16.9 Å². The molecule has 2 aliphatic heterocycles. The number of furan rings is 1. The number of rotatable bonds is 5. The van der Waals surface area contributed by atoms with E-state index in [0.29, 0.717) is 50.3 Å². The van der Waals surface area contributed by atoms with Crippen LogP contribution in [0.15, 0.2) is 65.3 Å². The molecule has 0 unspecified atom stereocenters. The van der Waals surface area contributed by atoms with Gasteiger partial charge < -0.3 is 24.9 Å². The summed E-state index contributed by atoms with van der Waals surface area (Å²) in [6.45, 7) is 2.72. The lowest BCUT2D eigenvalue weighted by atomic mass is 10.1. The fourth-order valence-electron chi connectivity index (χ4n) is 4.46. The van der Waals surface area contributed by atoms with Gasteiger partial charge in [0.2, 0.25) is 11.8 Å². The highest BCUT2D eigenvalue weighted by Crippen LogP contribution is 2.31. The van der Waals surface area contributed by atoms with Crippen molar-refractivity contribution in [3.63, 3.8) is 0 Å². The van der Waals surface area contributed by atoms with Crippen LogP contribution >= 0.6 is 0 Å². The van der Waals surface area contributed by atoms with Gasteiger partial charge in [-0.25, -0.2) is 0 Å². The second-order valence-corrected chi connectivity index (χ2v) is 8.25. The number of piperazine rings is 1. The molecule has 2 N–H and O–H groups in total. The van der Waals surface area contributed by atoms with Crippen LogP contribution in [0.3, 0.4) is 0 Å². The van der Waals surface area contributed by atoms with E-state index in [2.05, 4.69) is 4.90 Å². The van der Waals surface area contributed by atoms with Crippen molar-refractivity contribution in [2.75, 3.05) is 36.0 Å². The SMILES string of the molecule is NC(=O)c1ccc(N2CCN(C(=O)c3occc3CN3C(=O)Cc4ccccc43)CC2)cc1. The summed E-state index contributed by atoms with van der Waals surface area (Å²) in [6.07, 6.45) is 1.88. The van der Waals surface area contributed by atoms with Crippen LogP contribution in [0.4, 0.5) is 11.4 Å². The average molecular weight is 444 g/mol. The van der Waals surface area contributed by atoms with Crippen molar-refractivity contribution in [3.05, 3.63) is 83.3 Å². The fraction of sp³-hybridized carbons (Fsp3) is 0.240. The lowest BCUT2D eigenvalue weighted by Crippen LogP contribution is -2.49. The summed E-state index contributed by atoms with van der Waals surface area (Å²) in [5.74, 6) is -0.317. The van der Waals surface area contributed by atoms with Crippen molar-refractivity contribution < 1.29 is 18.8 Å². The first-order chi connectivity index (χ1) is 16.0. The quantitative estimate of drug-likeness (QED) is 0.652. The number of nitrogens with zero attached hydrogens (tertiary/aromatic N) is 3. The summed E-state index contributed by atoms with van der Waals surface area (Å²) >= 11 is 0. The highest BCUT2D eigenvalue weighted by molar-refractivity contribution is 6.01. The second-order valence-electron chi connectivity index (χ2n) is 8.25. The summed E-state index contributed by atoms with van der Waals surface area (Å²) in [4.78, 5) is 42.7. The lowest BCUT2D eigenvalue weighted by Gasteiger charge is -2.36. The van der Waals surface area contributed by atoms with Crippen LogP contribution in [0, 0.1) is 0 Å². The third-order valence-corrected chi connectivity index (χ3v) is 6.28. The normalized spacial score (nSPS) is 15.6. The zero-order chi connectivity index (χ0) is 22.9. The number of fused-ring (bicyclic) bond motifs is 1. The van der Waals surface area contributed by atoms with Crippen LogP contribution < -0.4 is 15.5 Å². The van der Waals surface area contributed by atoms with Crippen LogP contribution in [0.25, 0.3) is 0 Å². The summed E-state index contributed by atoms with van der Waals surface area (Å²) in [6, 6.07) is 16.6. The van der Waals surface area contributed by atoms with E-state index in [1.807, 2.05) is 36.4 Å². The number of para-hydroxylation sites is 1. The minimum atomic E-state index is -0.453. The van der Waals surface area contributed by atoms with Gasteiger partial charge in [0.05, 0.1) is 19.2 Å². The van der Waals surface area contributed by atoms with Gasteiger partial charge in [0.15, 0.2) is 5.76 Å². The minimum absolute atomic E-state index is 0.0202. The average Bonchev–Trinajstić information content (AvgIpc) is 3.43. The lowest BCUT2D eigenvalue weighted by molar-refractivity contribution is -0.117. The number of hydrogen-bond donors (Lipinski definition) is 1. The van der Waals surface area contributed by atoms with Crippen molar-refractivity contribution in [2.45, 2.75) is 13.0 Å². The van der Waals surface area contributed by atoms with Gasteiger partial charge in [0.1, 0.15) is 0 Å². The maximum Gasteiger partial charge on any atom is 0.290 e. The number of anilines is 2. The Balaban J connectivity index is 1.25. The smallest absolute Gasteiger partial charge is 0.290 e. The maximum atomic E-state index is 13.2. The zero-order valence-corrected chi connectivity index (χ0v) is 18.1. The number of carbonyl (C=O) groups is 3. The number of primary amides is 1. The predicted molar refractivity (Wildman–Crippen MR) is 123 cm³/mol. The van der Waals surface area contributed by atoms with E-state index >= 15 is 0 Å².